The van der Waals surface area contributed by atoms with E-state index in [9.17, 15) is 9.59 Å². The van der Waals surface area contributed by atoms with Crippen molar-refractivity contribution in [1.82, 2.24) is 10.3 Å². The van der Waals surface area contributed by atoms with Gasteiger partial charge in [0.05, 0.1) is 17.7 Å². The molecule has 0 fully saturated rings. The number of carbonyl (C=O) groups is 2. The van der Waals surface area contributed by atoms with Crippen LogP contribution in [0.15, 0.2) is 36.7 Å². The first-order valence-corrected chi connectivity index (χ1v) is 8.10. The lowest BCUT2D eigenvalue weighted by molar-refractivity contribution is 0.0936. The van der Waals surface area contributed by atoms with E-state index in [1.165, 1.54) is 18.5 Å². The first kappa shape index (κ1) is 17.7. The van der Waals surface area contributed by atoms with E-state index < -0.39 is 0 Å². The van der Waals surface area contributed by atoms with E-state index in [4.69, 9.17) is 14.2 Å². The van der Waals surface area contributed by atoms with Gasteiger partial charge in [-0.1, -0.05) is 0 Å². The molecule has 0 atom stereocenters. The average Bonchev–Trinajstić information content (AvgIpc) is 2.68. The minimum atomic E-state index is -0.374. The Morgan fingerprint density at radius 2 is 1.81 bits per heavy atom. The number of benzene rings is 1. The van der Waals surface area contributed by atoms with Crippen LogP contribution in [0.2, 0.25) is 0 Å². The first-order valence-electron chi connectivity index (χ1n) is 8.10. The molecule has 1 aliphatic heterocycles. The molecule has 0 saturated carbocycles. The maximum Gasteiger partial charge on any atom is 0.257 e. The van der Waals surface area contributed by atoms with E-state index in [0.717, 1.165) is 0 Å². The molecule has 26 heavy (non-hydrogen) atoms. The molecule has 8 heteroatoms. The number of nitrogens with one attached hydrogen (secondary N) is 2. The van der Waals surface area contributed by atoms with Gasteiger partial charge in [0.1, 0.15) is 13.2 Å². The number of hydrogen-bond acceptors (Lipinski definition) is 6. The molecule has 2 N–H and O–H groups in total. The van der Waals surface area contributed by atoms with Crippen LogP contribution in [0.4, 0.5) is 5.69 Å². The zero-order chi connectivity index (χ0) is 18.4. The predicted molar refractivity (Wildman–Crippen MR) is 93.8 cm³/mol. The number of hydrogen-bond donors (Lipinski definition) is 2. The molecule has 0 spiro atoms. The Balaban J connectivity index is 1.68. The van der Waals surface area contributed by atoms with Crippen LogP contribution in [0.3, 0.4) is 0 Å². The normalized spacial score (nSPS) is 12.3. The molecule has 0 unspecified atom stereocenters. The molecule has 136 valence electrons. The monoisotopic (exact) mass is 357 g/mol. The summed E-state index contributed by atoms with van der Waals surface area (Å²) in [6.07, 6.45) is 2.81. The minimum absolute atomic E-state index is 0.277. The summed E-state index contributed by atoms with van der Waals surface area (Å²) in [6, 6.07) is 6.64. The lowest BCUT2D eigenvalue weighted by Gasteiger charge is -2.19. The Kier molecular flexibility index (Phi) is 5.65. The van der Waals surface area contributed by atoms with Gasteiger partial charge in [-0.3, -0.25) is 14.6 Å². The second-order valence-corrected chi connectivity index (χ2v) is 5.52. The number of aromatic nitrogens is 1. The van der Waals surface area contributed by atoms with Crippen molar-refractivity contribution in [2.45, 2.75) is 0 Å². The van der Waals surface area contributed by atoms with Crippen LogP contribution in [-0.4, -0.2) is 50.3 Å². The summed E-state index contributed by atoms with van der Waals surface area (Å²) in [5.74, 6) is 0.535. The van der Waals surface area contributed by atoms with Crippen molar-refractivity contribution in [3.05, 3.63) is 47.8 Å². The van der Waals surface area contributed by atoms with E-state index in [1.54, 1.807) is 25.3 Å². The fourth-order valence-electron chi connectivity index (χ4n) is 2.38. The molecule has 1 aliphatic rings. The fourth-order valence-corrected chi connectivity index (χ4v) is 2.38. The molecule has 0 saturated heterocycles. The molecule has 2 amide bonds. The van der Waals surface area contributed by atoms with Crippen LogP contribution in [0.5, 0.6) is 11.5 Å². The molecular formula is C18H19N3O5. The minimum Gasteiger partial charge on any atom is -0.486 e. The van der Waals surface area contributed by atoms with E-state index in [1.807, 2.05) is 0 Å². The van der Waals surface area contributed by atoms with Gasteiger partial charge in [0.25, 0.3) is 11.8 Å². The highest BCUT2D eigenvalue weighted by Crippen LogP contribution is 2.32. The molecule has 1 aromatic heterocycles. The molecule has 3 rings (SSSR count). The second-order valence-electron chi connectivity index (χ2n) is 5.52. The number of fused-ring (bicyclic) bond motifs is 1. The third-order valence-corrected chi connectivity index (χ3v) is 3.65. The Hall–Kier alpha value is -3.13. The lowest BCUT2D eigenvalue weighted by Crippen LogP contribution is -2.27. The van der Waals surface area contributed by atoms with Gasteiger partial charge < -0.3 is 24.8 Å². The van der Waals surface area contributed by atoms with Crippen LogP contribution in [-0.2, 0) is 4.74 Å². The Bertz CT molecular complexity index is 809. The van der Waals surface area contributed by atoms with Crippen molar-refractivity contribution in [3.8, 4) is 11.5 Å². The molecule has 2 heterocycles. The van der Waals surface area contributed by atoms with Crippen molar-refractivity contribution in [2.75, 3.05) is 38.8 Å². The Labute approximate surface area is 150 Å². The molecular weight excluding hydrogens is 338 g/mol. The summed E-state index contributed by atoms with van der Waals surface area (Å²) in [7, 11) is 1.55. The number of methoxy groups -OCH3 is 1. The standard InChI is InChI=1S/C18H19N3O5/c1-24-5-4-20-17(22)12-8-13(11-19-10-12)18(23)21-14-2-3-15-16(9-14)26-7-6-25-15/h2-3,8-11H,4-7H2,1H3,(H,20,22)(H,21,23). The maximum absolute atomic E-state index is 12.4. The van der Waals surface area contributed by atoms with Gasteiger partial charge in [0.2, 0.25) is 0 Å². The van der Waals surface area contributed by atoms with E-state index in [0.29, 0.717) is 49.1 Å². The predicted octanol–water partition coefficient (Wildman–Crippen LogP) is 1.48. The van der Waals surface area contributed by atoms with Crippen molar-refractivity contribution >= 4 is 17.5 Å². The molecule has 1 aromatic carbocycles. The highest BCUT2D eigenvalue weighted by Gasteiger charge is 2.15. The molecule has 0 bridgehead atoms. The summed E-state index contributed by atoms with van der Waals surface area (Å²) >= 11 is 0. The highest BCUT2D eigenvalue weighted by molar-refractivity contribution is 6.06. The number of ether oxygens (including phenoxy) is 3. The van der Waals surface area contributed by atoms with Crippen molar-refractivity contribution in [3.63, 3.8) is 0 Å². The zero-order valence-corrected chi connectivity index (χ0v) is 14.3. The third-order valence-electron chi connectivity index (χ3n) is 3.65. The van der Waals surface area contributed by atoms with Crippen LogP contribution < -0.4 is 20.1 Å². The third kappa shape index (κ3) is 4.28. The second kappa shape index (κ2) is 8.30. The number of rotatable bonds is 6. The molecule has 0 aliphatic carbocycles. The Morgan fingerprint density at radius 3 is 2.58 bits per heavy atom. The number of nitrogens with zero attached hydrogens (tertiary/aromatic N) is 1. The van der Waals surface area contributed by atoms with Gasteiger partial charge in [-0.25, -0.2) is 0 Å². The average molecular weight is 357 g/mol. The van der Waals surface area contributed by atoms with Gasteiger partial charge in [-0.05, 0) is 18.2 Å². The fraction of sp³-hybridized carbons (Fsp3) is 0.278. The van der Waals surface area contributed by atoms with Gasteiger partial charge in [-0.15, -0.1) is 0 Å². The number of carbonyl (C=O) groups excluding carboxylic acids is 2. The van der Waals surface area contributed by atoms with Crippen LogP contribution in [0.1, 0.15) is 20.7 Å². The summed E-state index contributed by atoms with van der Waals surface area (Å²) < 4.78 is 15.8. The smallest absolute Gasteiger partial charge is 0.257 e. The van der Waals surface area contributed by atoms with Crippen LogP contribution >= 0.6 is 0 Å². The molecule has 8 nitrogen and oxygen atoms in total. The summed E-state index contributed by atoms with van der Waals surface area (Å²) in [6.45, 7) is 1.75. The van der Waals surface area contributed by atoms with Gasteiger partial charge in [0, 0.05) is 37.8 Å². The van der Waals surface area contributed by atoms with Gasteiger partial charge in [-0.2, -0.15) is 0 Å². The lowest BCUT2D eigenvalue weighted by atomic mass is 10.1. The van der Waals surface area contributed by atoms with Gasteiger partial charge >= 0.3 is 0 Å². The highest BCUT2D eigenvalue weighted by atomic mass is 16.6. The number of amides is 2. The number of anilines is 1. The van der Waals surface area contributed by atoms with Crippen LogP contribution in [0.25, 0.3) is 0 Å². The van der Waals surface area contributed by atoms with E-state index in [2.05, 4.69) is 15.6 Å². The summed E-state index contributed by atoms with van der Waals surface area (Å²) in [4.78, 5) is 28.5. The van der Waals surface area contributed by atoms with Crippen molar-refractivity contribution in [2.24, 2.45) is 0 Å². The maximum atomic E-state index is 12.4. The molecule has 0 radical (unpaired) electrons. The zero-order valence-electron chi connectivity index (χ0n) is 14.3. The van der Waals surface area contributed by atoms with Gasteiger partial charge in [0.15, 0.2) is 11.5 Å². The summed E-state index contributed by atoms with van der Waals surface area (Å²) in [5.41, 5.74) is 1.14. The van der Waals surface area contributed by atoms with E-state index in [-0.39, 0.29) is 17.4 Å². The molecule has 2 aromatic rings. The quantitative estimate of drug-likeness (QED) is 0.760. The first-order chi connectivity index (χ1) is 12.7. The van der Waals surface area contributed by atoms with E-state index >= 15 is 0 Å². The Morgan fingerprint density at radius 1 is 1.08 bits per heavy atom. The van der Waals surface area contributed by atoms with Crippen molar-refractivity contribution < 1.29 is 23.8 Å². The number of pyridine rings is 1. The summed E-state index contributed by atoms with van der Waals surface area (Å²) in [5, 5.41) is 5.44. The SMILES string of the molecule is COCCNC(=O)c1cncc(C(=O)Nc2ccc3c(c2)OCCO3)c1. The topological polar surface area (TPSA) is 98.8 Å². The largest absolute Gasteiger partial charge is 0.486 e. The van der Waals surface area contributed by atoms with Crippen LogP contribution in [0, 0.1) is 0 Å². The van der Waals surface area contributed by atoms with Crippen molar-refractivity contribution in [1.29, 1.82) is 0 Å².